The lowest BCUT2D eigenvalue weighted by Crippen LogP contribution is -2.66. The molecule has 1 heterocycles. The van der Waals surface area contributed by atoms with Gasteiger partial charge in [0.25, 0.3) is 11.8 Å². The number of amides is 2. The van der Waals surface area contributed by atoms with Crippen LogP contribution in [0.1, 0.15) is 56.8 Å². The fraction of sp³-hybridized carbons (Fsp3) is 0.500. The Bertz CT molecular complexity index is 906. The van der Waals surface area contributed by atoms with E-state index in [-0.39, 0.29) is 30.6 Å². The molecule has 1 atom stereocenters. The van der Waals surface area contributed by atoms with E-state index in [1.165, 1.54) is 24.3 Å². The Hall–Kier alpha value is -2.64. The summed E-state index contributed by atoms with van der Waals surface area (Å²) in [4.78, 5) is 40.0. The van der Waals surface area contributed by atoms with Crippen LogP contribution in [0.3, 0.4) is 0 Å². The van der Waals surface area contributed by atoms with E-state index in [1.807, 2.05) is 12.2 Å². The van der Waals surface area contributed by atoms with E-state index in [9.17, 15) is 27.6 Å². The molecule has 0 aromatic heterocycles. The van der Waals surface area contributed by atoms with Gasteiger partial charge in [0.2, 0.25) is 5.54 Å². The average molecular weight is 422 g/mol. The number of carbonyl (C=O) groups is 3. The molecule has 162 valence electrons. The first-order chi connectivity index (χ1) is 13.9. The molecule has 1 aliphatic heterocycles. The van der Waals surface area contributed by atoms with Gasteiger partial charge in [-0.15, -0.1) is 0 Å². The van der Waals surface area contributed by atoms with Crippen molar-refractivity contribution >= 4 is 17.6 Å². The molecule has 1 aromatic carbocycles. The minimum Gasteiger partial charge on any atom is -0.326 e. The molecule has 0 radical (unpaired) electrons. The van der Waals surface area contributed by atoms with Gasteiger partial charge in [0.15, 0.2) is 5.78 Å². The molecule has 5 nitrogen and oxygen atoms in total. The van der Waals surface area contributed by atoms with Crippen LogP contribution in [0.15, 0.2) is 41.6 Å². The highest BCUT2D eigenvalue weighted by atomic mass is 19.4. The van der Waals surface area contributed by atoms with Crippen molar-refractivity contribution < 1.29 is 27.6 Å². The number of Topliss-reactive ketones (excluding diaryl/α,β-unsaturated/α-hetero) is 1. The maximum Gasteiger partial charge on any atom is 0.425 e. The van der Waals surface area contributed by atoms with Crippen molar-refractivity contribution in [3.8, 4) is 0 Å². The second-order valence-corrected chi connectivity index (χ2v) is 8.64. The van der Waals surface area contributed by atoms with Crippen LogP contribution in [0.5, 0.6) is 0 Å². The molecule has 2 amide bonds. The van der Waals surface area contributed by atoms with E-state index in [2.05, 4.69) is 0 Å². The summed E-state index contributed by atoms with van der Waals surface area (Å²) in [5.41, 5.74) is -4.51. The molecule has 0 fully saturated rings. The number of hydrogen-bond donors (Lipinski definition) is 1. The van der Waals surface area contributed by atoms with Gasteiger partial charge in [-0.1, -0.05) is 45.4 Å². The first-order valence-electron chi connectivity index (χ1n) is 9.97. The summed E-state index contributed by atoms with van der Waals surface area (Å²) in [6.07, 6.45) is -3.99. The Labute approximate surface area is 173 Å². The molecular formula is C22H25F3N2O3. The molecule has 8 heteroatoms. The number of ketones is 1. The zero-order valence-electron chi connectivity index (χ0n) is 17.2. The number of rotatable bonds is 5. The van der Waals surface area contributed by atoms with E-state index >= 15 is 0 Å². The molecule has 1 N–H and O–H groups in total. The second kappa shape index (κ2) is 7.56. The van der Waals surface area contributed by atoms with Crippen molar-refractivity contribution in [2.24, 2.45) is 5.41 Å². The Kier molecular flexibility index (Phi) is 5.56. The lowest BCUT2D eigenvalue weighted by molar-refractivity contribution is -0.190. The van der Waals surface area contributed by atoms with E-state index in [1.54, 1.807) is 19.9 Å². The van der Waals surface area contributed by atoms with E-state index in [4.69, 9.17) is 0 Å². The Balaban J connectivity index is 2.18. The molecule has 1 aromatic rings. The van der Waals surface area contributed by atoms with Crippen molar-refractivity contribution in [3.05, 3.63) is 47.2 Å². The van der Waals surface area contributed by atoms with Gasteiger partial charge in [-0.3, -0.25) is 14.4 Å². The molecule has 0 saturated carbocycles. The SMILES string of the molecule is CCCCN1C(=O)C(NC(=O)c2ccccc2)(C(F)(F)F)C2=C1CC(C)(C)CC2=O. The normalized spacial score (nSPS) is 23.6. The van der Waals surface area contributed by atoms with Crippen LogP contribution in [0.2, 0.25) is 0 Å². The lowest BCUT2D eigenvalue weighted by atomic mass is 9.72. The van der Waals surface area contributed by atoms with Crippen LogP contribution in [0.25, 0.3) is 0 Å². The van der Waals surface area contributed by atoms with Crippen molar-refractivity contribution in [1.29, 1.82) is 0 Å². The molecular weight excluding hydrogens is 397 g/mol. The summed E-state index contributed by atoms with van der Waals surface area (Å²) >= 11 is 0. The number of hydrogen-bond acceptors (Lipinski definition) is 3. The number of unbranched alkanes of at least 4 members (excludes halogenated alkanes) is 1. The Morgan fingerprint density at radius 3 is 2.33 bits per heavy atom. The summed E-state index contributed by atoms with van der Waals surface area (Å²) in [6.45, 7) is 5.50. The summed E-state index contributed by atoms with van der Waals surface area (Å²) < 4.78 is 43.6. The number of nitrogens with one attached hydrogen (secondary N) is 1. The van der Waals surface area contributed by atoms with Crippen molar-refractivity contribution in [1.82, 2.24) is 10.2 Å². The quantitative estimate of drug-likeness (QED) is 0.780. The summed E-state index contributed by atoms with van der Waals surface area (Å²) in [6, 6.07) is 7.36. The Morgan fingerprint density at radius 2 is 1.77 bits per heavy atom. The third-order valence-corrected chi connectivity index (χ3v) is 5.62. The van der Waals surface area contributed by atoms with Crippen LogP contribution in [-0.4, -0.2) is 40.8 Å². The van der Waals surface area contributed by atoms with Gasteiger partial charge in [-0.05, 0) is 30.4 Å². The lowest BCUT2D eigenvalue weighted by Gasteiger charge is -2.35. The highest BCUT2D eigenvalue weighted by molar-refractivity contribution is 6.14. The highest BCUT2D eigenvalue weighted by Gasteiger charge is 2.71. The average Bonchev–Trinajstić information content (AvgIpc) is 2.88. The third kappa shape index (κ3) is 3.52. The molecule has 3 rings (SSSR count). The van der Waals surface area contributed by atoms with Crippen molar-refractivity contribution in [2.75, 3.05) is 6.54 Å². The zero-order chi connectivity index (χ0) is 22.3. The number of benzene rings is 1. The van der Waals surface area contributed by atoms with Crippen molar-refractivity contribution in [2.45, 2.75) is 58.2 Å². The molecule has 2 aliphatic rings. The smallest absolute Gasteiger partial charge is 0.326 e. The molecule has 0 spiro atoms. The number of allylic oxidation sites excluding steroid dienone is 1. The van der Waals surface area contributed by atoms with Gasteiger partial charge in [0.05, 0.1) is 5.57 Å². The maximum absolute atomic E-state index is 14.5. The van der Waals surface area contributed by atoms with E-state index in [0.29, 0.717) is 12.8 Å². The van der Waals surface area contributed by atoms with Gasteiger partial charge >= 0.3 is 6.18 Å². The fourth-order valence-corrected chi connectivity index (χ4v) is 4.21. The monoisotopic (exact) mass is 422 g/mol. The molecule has 1 unspecified atom stereocenters. The number of nitrogens with zero attached hydrogens (tertiary/aromatic N) is 1. The number of alkyl halides is 3. The number of carbonyl (C=O) groups excluding carboxylic acids is 3. The summed E-state index contributed by atoms with van der Waals surface area (Å²) in [5, 5.41) is 1.93. The standard InChI is InChI=1S/C22H25F3N2O3/c1-4-5-11-27-15-12-20(2,3)13-16(28)17(15)21(19(27)30,22(23,24)25)26-18(29)14-9-7-6-8-10-14/h6-10H,4-5,11-13H2,1-3H3,(H,26,29). The van der Waals surface area contributed by atoms with E-state index in [0.717, 1.165) is 4.90 Å². The van der Waals surface area contributed by atoms with Crippen LogP contribution >= 0.6 is 0 Å². The van der Waals surface area contributed by atoms with Crippen LogP contribution in [-0.2, 0) is 9.59 Å². The minimum absolute atomic E-state index is 0.0216. The molecule has 0 bridgehead atoms. The van der Waals surface area contributed by atoms with Crippen molar-refractivity contribution in [3.63, 3.8) is 0 Å². The fourth-order valence-electron chi connectivity index (χ4n) is 4.21. The summed E-state index contributed by atoms with van der Waals surface area (Å²) in [5.74, 6) is -3.11. The first kappa shape index (κ1) is 22.1. The molecule has 1 aliphatic carbocycles. The summed E-state index contributed by atoms with van der Waals surface area (Å²) in [7, 11) is 0. The van der Waals surface area contributed by atoms with Gasteiger partial charge in [-0.25, -0.2) is 0 Å². The number of halogens is 3. The van der Waals surface area contributed by atoms with Gasteiger partial charge in [0.1, 0.15) is 0 Å². The van der Waals surface area contributed by atoms with E-state index < -0.39 is 40.3 Å². The minimum atomic E-state index is -5.17. The van der Waals surface area contributed by atoms with Gasteiger partial charge in [0, 0.05) is 24.2 Å². The predicted molar refractivity (Wildman–Crippen MR) is 104 cm³/mol. The Morgan fingerprint density at radius 1 is 1.13 bits per heavy atom. The zero-order valence-corrected chi connectivity index (χ0v) is 17.2. The first-order valence-corrected chi connectivity index (χ1v) is 9.97. The third-order valence-electron chi connectivity index (χ3n) is 5.62. The van der Waals surface area contributed by atoms with Crippen LogP contribution < -0.4 is 5.32 Å². The van der Waals surface area contributed by atoms with Gasteiger partial charge in [-0.2, -0.15) is 13.2 Å². The van der Waals surface area contributed by atoms with Crippen LogP contribution in [0.4, 0.5) is 13.2 Å². The molecule has 30 heavy (non-hydrogen) atoms. The molecule has 0 saturated heterocycles. The largest absolute Gasteiger partial charge is 0.425 e. The highest BCUT2D eigenvalue weighted by Crippen LogP contribution is 2.51. The maximum atomic E-state index is 14.5. The predicted octanol–water partition coefficient (Wildman–Crippen LogP) is 4.00. The topological polar surface area (TPSA) is 66.5 Å². The van der Waals surface area contributed by atoms with Gasteiger partial charge < -0.3 is 10.2 Å². The second-order valence-electron chi connectivity index (χ2n) is 8.64. The van der Waals surface area contributed by atoms with Crippen LogP contribution in [0, 0.1) is 5.41 Å².